The van der Waals surface area contributed by atoms with Gasteiger partial charge in [-0.2, -0.15) is 0 Å². The average Bonchev–Trinajstić information content (AvgIpc) is 2.31. The van der Waals surface area contributed by atoms with Crippen molar-refractivity contribution < 1.29 is 4.74 Å². The zero-order chi connectivity index (χ0) is 11.8. The maximum Gasteiger partial charge on any atom is 0.134 e. The van der Waals surface area contributed by atoms with Gasteiger partial charge in [-0.15, -0.1) is 0 Å². The lowest BCUT2D eigenvalue weighted by molar-refractivity contribution is 0.412. The van der Waals surface area contributed by atoms with E-state index in [0.717, 1.165) is 15.8 Å². The molecule has 1 aromatic rings. The van der Waals surface area contributed by atoms with Crippen LogP contribution in [0.5, 0.6) is 5.75 Å². The van der Waals surface area contributed by atoms with Crippen LogP contribution in [0.15, 0.2) is 27.8 Å². The van der Waals surface area contributed by atoms with Crippen LogP contribution in [0.1, 0.15) is 12.0 Å². The molecule has 0 N–H and O–H groups in total. The van der Waals surface area contributed by atoms with Crippen molar-refractivity contribution in [3.63, 3.8) is 0 Å². The van der Waals surface area contributed by atoms with Gasteiger partial charge < -0.3 is 4.74 Å². The van der Waals surface area contributed by atoms with Gasteiger partial charge in [0.05, 0.1) is 11.6 Å². The number of benzene rings is 1. The summed E-state index contributed by atoms with van der Waals surface area (Å²) in [6.07, 6.45) is 0.558. The van der Waals surface area contributed by atoms with Crippen molar-refractivity contribution in [1.82, 2.24) is 0 Å². The van der Waals surface area contributed by atoms with Crippen LogP contribution < -0.4 is 4.74 Å². The Morgan fingerprint density at radius 1 is 1.56 bits per heavy atom. The lowest BCUT2D eigenvalue weighted by Crippen LogP contribution is -1.85. The second-order valence-electron chi connectivity index (χ2n) is 2.86. The molecule has 1 aromatic carbocycles. The smallest absolute Gasteiger partial charge is 0.134 e. The van der Waals surface area contributed by atoms with E-state index in [1.54, 1.807) is 7.11 Å². The van der Waals surface area contributed by atoms with Gasteiger partial charge in [0, 0.05) is 23.4 Å². The lowest BCUT2D eigenvalue weighted by Gasteiger charge is -2.02. The minimum atomic E-state index is 0.400. The number of azide groups is 1. The highest BCUT2D eigenvalue weighted by atomic mass is 79.9. The van der Waals surface area contributed by atoms with Crippen molar-refractivity contribution in [2.75, 3.05) is 13.7 Å². The minimum Gasteiger partial charge on any atom is -0.496 e. The van der Waals surface area contributed by atoms with Crippen LogP contribution in [0.4, 0.5) is 0 Å². The number of ether oxygens (including phenoxy) is 1. The molecule has 0 aliphatic rings. The van der Waals surface area contributed by atoms with Gasteiger partial charge in [-0.1, -0.05) is 17.0 Å². The first kappa shape index (κ1) is 12.4. The van der Waals surface area contributed by atoms with E-state index in [1.807, 2.05) is 18.2 Å². The van der Waals surface area contributed by atoms with Gasteiger partial charge in [-0.25, -0.2) is 0 Å². The normalized spacial score (nSPS) is 8.62. The standard InChI is InChI=1S/C11H10BrN3O/c1-16-11-8-9(5-6-10(11)12)4-2-3-7-14-15-13/h5-6,8H,3,7H2,1H3. The Hall–Kier alpha value is -1.63. The van der Waals surface area contributed by atoms with Gasteiger partial charge in [0.2, 0.25) is 0 Å². The second kappa shape index (κ2) is 6.78. The predicted molar refractivity (Wildman–Crippen MR) is 66.2 cm³/mol. The number of hydrogen-bond acceptors (Lipinski definition) is 2. The highest BCUT2D eigenvalue weighted by Gasteiger charge is 1.98. The maximum atomic E-state index is 8.07. The molecule has 0 fully saturated rings. The van der Waals surface area contributed by atoms with Gasteiger partial charge in [0.15, 0.2) is 0 Å². The van der Waals surface area contributed by atoms with Crippen molar-refractivity contribution in [2.24, 2.45) is 5.11 Å². The molecule has 0 radical (unpaired) electrons. The molecule has 0 unspecified atom stereocenters. The third-order valence-corrected chi connectivity index (χ3v) is 2.44. The van der Waals surface area contributed by atoms with Gasteiger partial charge >= 0.3 is 0 Å². The van der Waals surface area contributed by atoms with Gasteiger partial charge in [0.25, 0.3) is 0 Å². The molecule has 0 amide bonds. The Labute approximate surface area is 102 Å². The van der Waals surface area contributed by atoms with Gasteiger partial charge in [-0.05, 0) is 39.7 Å². The Morgan fingerprint density at radius 3 is 3.06 bits per heavy atom. The summed E-state index contributed by atoms with van der Waals surface area (Å²) in [6, 6.07) is 5.63. The molecule has 0 spiro atoms. The van der Waals surface area contributed by atoms with E-state index >= 15 is 0 Å². The molecule has 0 saturated carbocycles. The predicted octanol–water partition coefficient (Wildman–Crippen LogP) is 3.51. The summed E-state index contributed by atoms with van der Waals surface area (Å²) >= 11 is 3.36. The number of halogens is 1. The van der Waals surface area contributed by atoms with Crippen molar-refractivity contribution in [3.8, 4) is 17.6 Å². The molecule has 0 aliphatic carbocycles. The first-order chi connectivity index (χ1) is 7.77. The second-order valence-corrected chi connectivity index (χ2v) is 3.71. The Kier molecular flexibility index (Phi) is 5.27. The SMILES string of the molecule is COc1cc(C#CCCN=[N+]=[N-])ccc1Br. The summed E-state index contributed by atoms with van der Waals surface area (Å²) in [6.45, 7) is 0.400. The number of nitrogens with zero attached hydrogens (tertiary/aromatic N) is 3. The van der Waals surface area contributed by atoms with Crippen molar-refractivity contribution in [3.05, 3.63) is 38.7 Å². The van der Waals surface area contributed by atoms with Crippen LogP contribution >= 0.6 is 15.9 Å². The first-order valence-electron chi connectivity index (χ1n) is 4.61. The minimum absolute atomic E-state index is 0.400. The Bertz CT molecular complexity index is 470. The van der Waals surface area contributed by atoms with E-state index in [4.69, 9.17) is 10.3 Å². The molecular weight excluding hydrogens is 270 g/mol. The fourth-order valence-corrected chi connectivity index (χ4v) is 1.46. The largest absolute Gasteiger partial charge is 0.496 e. The number of rotatable bonds is 3. The molecule has 5 heteroatoms. The summed E-state index contributed by atoms with van der Waals surface area (Å²) in [5, 5.41) is 3.40. The summed E-state index contributed by atoms with van der Waals surface area (Å²) in [5.74, 6) is 6.64. The summed E-state index contributed by atoms with van der Waals surface area (Å²) in [5.41, 5.74) is 8.95. The Balaban J connectivity index is 2.70. The Morgan fingerprint density at radius 2 is 2.38 bits per heavy atom. The van der Waals surface area contributed by atoms with Crippen LogP contribution in [-0.4, -0.2) is 13.7 Å². The molecule has 1 rings (SSSR count). The highest BCUT2D eigenvalue weighted by molar-refractivity contribution is 9.10. The molecular formula is C11H10BrN3O. The van der Waals surface area contributed by atoms with E-state index in [-0.39, 0.29) is 0 Å². The van der Waals surface area contributed by atoms with Crippen LogP contribution in [0, 0.1) is 11.8 Å². The molecule has 0 bridgehead atoms. The van der Waals surface area contributed by atoms with E-state index in [0.29, 0.717) is 13.0 Å². The third-order valence-electron chi connectivity index (χ3n) is 1.78. The monoisotopic (exact) mass is 279 g/mol. The first-order valence-corrected chi connectivity index (χ1v) is 5.40. The van der Waals surface area contributed by atoms with E-state index < -0.39 is 0 Å². The third kappa shape index (κ3) is 3.85. The zero-order valence-corrected chi connectivity index (χ0v) is 10.4. The number of hydrogen-bond donors (Lipinski definition) is 0. The summed E-state index contributed by atoms with van der Waals surface area (Å²) in [4.78, 5) is 2.65. The molecule has 82 valence electrons. The molecule has 0 aromatic heterocycles. The fourth-order valence-electron chi connectivity index (χ4n) is 1.05. The topological polar surface area (TPSA) is 58.0 Å². The van der Waals surface area contributed by atoms with Crippen LogP contribution in [0.2, 0.25) is 0 Å². The summed E-state index contributed by atoms with van der Waals surface area (Å²) in [7, 11) is 1.61. The van der Waals surface area contributed by atoms with Crippen LogP contribution in [0.25, 0.3) is 10.4 Å². The average molecular weight is 280 g/mol. The van der Waals surface area contributed by atoms with E-state index in [2.05, 4.69) is 37.8 Å². The van der Waals surface area contributed by atoms with E-state index in [9.17, 15) is 0 Å². The van der Waals surface area contributed by atoms with Crippen LogP contribution in [-0.2, 0) is 0 Å². The van der Waals surface area contributed by atoms with Gasteiger partial charge in [-0.3, -0.25) is 0 Å². The van der Waals surface area contributed by atoms with Crippen LogP contribution in [0.3, 0.4) is 0 Å². The quantitative estimate of drug-likeness (QED) is 0.275. The van der Waals surface area contributed by atoms with E-state index in [1.165, 1.54) is 0 Å². The maximum absolute atomic E-state index is 8.07. The highest BCUT2D eigenvalue weighted by Crippen LogP contribution is 2.25. The zero-order valence-electron chi connectivity index (χ0n) is 8.77. The van der Waals surface area contributed by atoms with Crippen molar-refractivity contribution in [1.29, 1.82) is 0 Å². The van der Waals surface area contributed by atoms with Crippen molar-refractivity contribution in [2.45, 2.75) is 6.42 Å². The molecule has 0 aliphatic heterocycles. The lowest BCUT2D eigenvalue weighted by atomic mass is 10.2. The van der Waals surface area contributed by atoms with Crippen molar-refractivity contribution >= 4 is 15.9 Å². The molecule has 16 heavy (non-hydrogen) atoms. The fraction of sp³-hybridized carbons (Fsp3) is 0.273. The molecule has 4 nitrogen and oxygen atoms in total. The summed E-state index contributed by atoms with van der Waals surface area (Å²) < 4.78 is 6.05. The number of methoxy groups -OCH3 is 1. The van der Waals surface area contributed by atoms with Gasteiger partial charge in [0.1, 0.15) is 5.75 Å². The molecule has 0 atom stereocenters. The molecule has 0 heterocycles. The molecule has 0 saturated heterocycles.